The molecule has 0 amide bonds. The summed E-state index contributed by atoms with van der Waals surface area (Å²) in [4.78, 5) is 10.5. The van der Waals surface area contributed by atoms with Crippen molar-refractivity contribution in [2.45, 2.75) is 19.9 Å². The number of nitrogens with zero attached hydrogens (tertiary/aromatic N) is 1. The lowest BCUT2D eigenvalue weighted by molar-refractivity contribution is -0.384. The van der Waals surface area contributed by atoms with Crippen LogP contribution in [0.25, 0.3) is 0 Å². The van der Waals surface area contributed by atoms with E-state index in [-0.39, 0.29) is 16.9 Å². The van der Waals surface area contributed by atoms with Crippen LogP contribution in [0, 0.1) is 28.7 Å². The molecule has 1 N–H and O–H groups in total. The number of rotatable bonds is 4. The molecule has 0 aliphatic heterocycles. The second-order valence-corrected chi connectivity index (χ2v) is 4.81. The molecular formula is C15H14F2N2O2. The first-order valence-electron chi connectivity index (χ1n) is 6.35. The average Bonchev–Trinajstić information content (AvgIpc) is 2.43. The van der Waals surface area contributed by atoms with E-state index in [1.165, 1.54) is 6.07 Å². The summed E-state index contributed by atoms with van der Waals surface area (Å²) in [5.41, 5.74) is 1.03. The Hall–Kier alpha value is -2.50. The molecule has 0 aromatic heterocycles. The van der Waals surface area contributed by atoms with Gasteiger partial charge in [0.15, 0.2) is 0 Å². The van der Waals surface area contributed by atoms with E-state index < -0.39 is 22.6 Å². The van der Waals surface area contributed by atoms with Gasteiger partial charge in [0.05, 0.1) is 11.0 Å². The number of hydrogen-bond donors (Lipinski definition) is 1. The Morgan fingerprint density at radius 2 is 1.90 bits per heavy atom. The maximum atomic E-state index is 13.7. The van der Waals surface area contributed by atoms with Crippen LogP contribution in [0.4, 0.5) is 20.2 Å². The molecule has 4 nitrogen and oxygen atoms in total. The highest BCUT2D eigenvalue weighted by atomic mass is 19.1. The summed E-state index contributed by atoms with van der Waals surface area (Å²) in [5.74, 6) is -1.12. The van der Waals surface area contributed by atoms with Crippen molar-refractivity contribution >= 4 is 11.4 Å². The van der Waals surface area contributed by atoms with Gasteiger partial charge in [0.2, 0.25) is 0 Å². The molecule has 6 heteroatoms. The van der Waals surface area contributed by atoms with E-state index in [1.54, 1.807) is 26.0 Å². The highest BCUT2D eigenvalue weighted by Gasteiger charge is 2.18. The number of hydrogen-bond acceptors (Lipinski definition) is 3. The standard InChI is InChI=1S/C15H14F2N2O2/c1-9-3-6-14(15(7-9)19(20)21)18-10(2)12-8-11(16)4-5-13(12)17/h3-8,10,18H,1-2H3. The van der Waals surface area contributed by atoms with Gasteiger partial charge < -0.3 is 5.32 Å². The van der Waals surface area contributed by atoms with Gasteiger partial charge in [-0.05, 0) is 43.7 Å². The molecule has 110 valence electrons. The summed E-state index contributed by atoms with van der Waals surface area (Å²) in [7, 11) is 0. The highest BCUT2D eigenvalue weighted by Crippen LogP contribution is 2.30. The third-order valence-corrected chi connectivity index (χ3v) is 3.15. The normalized spacial score (nSPS) is 12.0. The smallest absolute Gasteiger partial charge is 0.292 e. The topological polar surface area (TPSA) is 55.2 Å². The molecule has 0 fully saturated rings. The van der Waals surface area contributed by atoms with Gasteiger partial charge in [-0.3, -0.25) is 10.1 Å². The van der Waals surface area contributed by atoms with Crippen molar-refractivity contribution in [2.75, 3.05) is 5.32 Å². The summed E-state index contributed by atoms with van der Waals surface area (Å²) in [6.45, 7) is 3.36. The lowest BCUT2D eigenvalue weighted by atomic mass is 10.1. The van der Waals surface area contributed by atoms with Gasteiger partial charge in [-0.1, -0.05) is 6.07 Å². The number of nitro groups is 1. The van der Waals surface area contributed by atoms with Gasteiger partial charge in [-0.25, -0.2) is 8.78 Å². The quantitative estimate of drug-likeness (QED) is 0.673. The van der Waals surface area contributed by atoms with Crippen molar-refractivity contribution in [1.29, 1.82) is 0 Å². The van der Waals surface area contributed by atoms with Crippen molar-refractivity contribution in [3.63, 3.8) is 0 Å². The van der Waals surface area contributed by atoms with E-state index in [2.05, 4.69) is 5.32 Å². The van der Waals surface area contributed by atoms with Crippen molar-refractivity contribution in [1.82, 2.24) is 0 Å². The second-order valence-electron chi connectivity index (χ2n) is 4.81. The number of nitro benzene ring substituents is 1. The molecule has 0 heterocycles. The van der Waals surface area contributed by atoms with Gasteiger partial charge in [-0.2, -0.15) is 0 Å². The Balaban J connectivity index is 2.33. The van der Waals surface area contributed by atoms with Gasteiger partial charge >= 0.3 is 0 Å². The number of aryl methyl sites for hydroxylation is 1. The lowest BCUT2D eigenvalue weighted by Gasteiger charge is -2.16. The second kappa shape index (κ2) is 5.87. The minimum atomic E-state index is -0.609. The molecule has 2 aromatic rings. The zero-order valence-corrected chi connectivity index (χ0v) is 11.6. The van der Waals surface area contributed by atoms with Crippen molar-refractivity contribution in [3.8, 4) is 0 Å². The van der Waals surface area contributed by atoms with Gasteiger partial charge in [-0.15, -0.1) is 0 Å². The van der Waals surface area contributed by atoms with E-state index in [4.69, 9.17) is 0 Å². The Labute approximate surface area is 120 Å². The predicted octanol–water partition coefficient (Wildman–Crippen LogP) is 4.35. The molecule has 0 saturated heterocycles. The van der Waals surface area contributed by atoms with Gasteiger partial charge in [0, 0.05) is 11.6 Å². The summed E-state index contributed by atoms with van der Waals surface area (Å²) in [5, 5.41) is 13.9. The maximum Gasteiger partial charge on any atom is 0.292 e. The van der Waals surface area contributed by atoms with Crippen LogP contribution in [0.3, 0.4) is 0 Å². The molecule has 0 aliphatic rings. The van der Waals surface area contributed by atoms with Gasteiger partial charge in [0.25, 0.3) is 5.69 Å². The van der Waals surface area contributed by atoms with Crippen LogP contribution in [0.1, 0.15) is 24.1 Å². The molecule has 0 bridgehead atoms. The number of benzene rings is 2. The average molecular weight is 292 g/mol. The van der Waals surface area contributed by atoms with Crippen LogP contribution in [0.5, 0.6) is 0 Å². The fourth-order valence-electron chi connectivity index (χ4n) is 2.07. The van der Waals surface area contributed by atoms with Crippen molar-refractivity contribution in [2.24, 2.45) is 0 Å². The molecule has 2 rings (SSSR count). The molecular weight excluding hydrogens is 278 g/mol. The van der Waals surface area contributed by atoms with Crippen LogP contribution >= 0.6 is 0 Å². The Morgan fingerprint density at radius 3 is 2.57 bits per heavy atom. The summed E-state index contributed by atoms with van der Waals surface area (Å²) < 4.78 is 26.9. The van der Waals surface area contributed by atoms with E-state index in [9.17, 15) is 18.9 Å². The molecule has 2 aromatic carbocycles. The Morgan fingerprint density at radius 1 is 1.19 bits per heavy atom. The van der Waals surface area contributed by atoms with E-state index in [0.717, 1.165) is 23.8 Å². The largest absolute Gasteiger partial charge is 0.373 e. The SMILES string of the molecule is Cc1ccc(NC(C)c2cc(F)ccc2F)c([N+](=O)[O-])c1. The monoisotopic (exact) mass is 292 g/mol. The van der Waals surface area contributed by atoms with Crippen molar-refractivity contribution in [3.05, 3.63) is 69.3 Å². The first-order chi connectivity index (χ1) is 9.88. The maximum absolute atomic E-state index is 13.7. The molecule has 1 atom stereocenters. The molecule has 21 heavy (non-hydrogen) atoms. The predicted molar refractivity (Wildman–Crippen MR) is 76.2 cm³/mol. The highest BCUT2D eigenvalue weighted by molar-refractivity contribution is 5.63. The molecule has 0 aliphatic carbocycles. The van der Waals surface area contributed by atoms with Crippen LogP contribution < -0.4 is 5.32 Å². The number of anilines is 1. The molecule has 0 saturated carbocycles. The third kappa shape index (κ3) is 3.34. The summed E-state index contributed by atoms with van der Waals surface area (Å²) in [6.07, 6.45) is 0. The first kappa shape index (κ1) is 14.9. The number of halogens is 2. The van der Waals surface area contributed by atoms with Crippen LogP contribution in [0.2, 0.25) is 0 Å². The lowest BCUT2D eigenvalue weighted by Crippen LogP contribution is -2.10. The van der Waals surface area contributed by atoms with Crippen LogP contribution in [-0.4, -0.2) is 4.92 Å². The first-order valence-corrected chi connectivity index (χ1v) is 6.35. The minimum absolute atomic E-state index is 0.0985. The fourth-order valence-corrected chi connectivity index (χ4v) is 2.07. The van der Waals surface area contributed by atoms with E-state index >= 15 is 0 Å². The number of nitrogens with one attached hydrogen (secondary N) is 1. The fraction of sp³-hybridized carbons (Fsp3) is 0.200. The molecule has 0 radical (unpaired) electrons. The zero-order chi connectivity index (χ0) is 15.6. The molecule has 1 unspecified atom stereocenters. The summed E-state index contributed by atoms with van der Waals surface area (Å²) in [6, 6.07) is 7.23. The van der Waals surface area contributed by atoms with Crippen LogP contribution in [0.15, 0.2) is 36.4 Å². The molecule has 0 spiro atoms. The third-order valence-electron chi connectivity index (χ3n) is 3.15. The van der Waals surface area contributed by atoms with E-state index in [0.29, 0.717) is 0 Å². The zero-order valence-electron chi connectivity index (χ0n) is 11.6. The minimum Gasteiger partial charge on any atom is -0.373 e. The Bertz CT molecular complexity index is 689. The van der Waals surface area contributed by atoms with Crippen LogP contribution in [-0.2, 0) is 0 Å². The van der Waals surface area contributed by atoms with Gasteiger partial charge in [0.1, 0.15) is 17.3 Å². The summed E-state index contributed by atoms with van der Waals surface area (Å²) >= 11 is 0. The van der Waals surface area contributed by atoms with Crippen molar-refractivity contribution < 1.29 is 13.7 Å². The van der Waals surface area contributed by atoms with E-state index in [1.807, 2.05) is 0 Å². The Kier molecular flexibility index (Phi) is 4.16.